The maximum atomic E-state index is 12.9. The van der Waals surface area contributed by atoms with Crippen LogP contribution in [0.25, 0.3) is 0 Å². The van der Waals surface area contributed by atoms with Crippen molar-refractivity contribution in [2.45, 2.75) is 32.4 Å². The molecule has 2 saturated heterocycles. The Labute approximate surface area is 183 Å². The highest BCUT2D eigenvalue weighted by Gasteiger charge is 2.35. The monoisotopic (exact) mass is 422 g/mol. The average Bonchev–Trinajstić information content (AvgIpc) is 3.16. The Kier molecular flexibility index (Phi) is 6.30. The minimum Gasteiger partial charge on any atom is -0.497 e. The second kappa shape index (κ2) is 9.29. The summed E-state index contributed by atoms with van der Waals surface area (Å²) in [5.41, 5.74) is 3.13. The maximum Gasteiger partial charge on any atom is 0.321 e. The fourth-order valence-electron chi connectivity index (χ4n) is 4.26. The normalized spacial score (nSPS) is 17.2. The van der Waals surface area contributed by atoms with E-state index in [1.54, 1.807) is 7.11 Å². The molecule has 0 bridgehead atoms. The van der Waals surface area contributed by atoms with Gasteiger partial charge in [0.05, 0.1) is 7.11 Å². The predicted octanol–water partition coefficient (Wildman–Crippen LogP) is 3.94. The Morgan fingerprint density at radius 1 is 1.00 bits per heavy atom. The van der Waals surface area contributed by atoms with Gasteiger partial charge in [-0.1, -0.05) is 29.8 Å². The fourth-order valence-corrected chi connectivity index (χ4v) is 4.26. The van der Waals surface area contributed by atoms with Crippen LogP contribution in [0.4, 0.5) is 15.3 Å². The molecular formula is C24H30N4O3. The van der Waals surface area contributed by atoms with E-state index >= 15 is 0 Å². The zero-order valence-corrected chi connectivity index (χ0v) is 18.2. The van der Waals surface area contributed by atoms with E-state index in [1.807, 2.05) is 39.0 Å². The highest BCUT2D eigenvalue weighted by Crippen LogP contribution is 2.23. The van der Waals surface area contributed by atoms with E-state index < -0.39 is 0 Å². The summed E-state index contributed by atoms with van der Waals surface area (Å²) in [6.45, 7) is 5.52. The van der Waals surface area contributed by atoms with Gasteiger partial charge in [-0.15, -0.1) is 0 Å². The number of likely N-dealkylation sites (tertiary alicyclic amines) is 1. The third kappa shape index (κ3) is 4.93. The van der Waals surface area contributed by atoms with Crippen LogP contribution < -0.4 is 10.1 Å². The second-order valence-electron chi connectivity index (χ2n) is 8.26. The number of piperidine rings is 1. The van der Waals surface area contributed by atoms with Crippen molar-refractivity contribution in [1.29, 1.82) is 0 Å². The van der Waals surface area contributed by atoms with Crippen LogP contribution in [0, 0.1) is 6.92 Å². The molecule has 0 spiro atoms. The molecule has 2 aliphatic heterocycles. The number of hydrogen-bond donors (Lipinski definition) is 1. The van der Waals surface area contributed by atoms with Gasteiger partial charge in [0.25, 0.3) is 0 Å². The Balaban J connectivity index is 1.26. The molecule has 164 valence electrons. The molecule has 4 rings (SSSR count). The van der Waals surface area contributed by atoms with Gasteiger partial charge in [0.2, 0.25) is 0 Å². The van der Waals surface area contributed by atoms with Gasteiger partial charge in [0.1, 0.15) is 5.75 Å². The minimum absolute atomic E-state index is 0.0997. The molecule has 0 radical (unpaired) electrons. The number of hydrogen-bond acceptors (Lipinski definition) is 3. The van der Waals surface area contributed by atoms with E-state index in [1.165, 1.54) is 5.56 Å². The zero-order valence-electron chi connectivity index (χ0n) is 18.2. The summed E-state index contributed by atoms with van der Waals surface area (Å²) in [5, 5.41) is 2.94. The molecule has 7 nitrogen and oxygen atoms in total. The quantitative estimate of drug-likeness (QED) is 0.794. The van der Waals surface area contributed by atoms with Gasteiger partial charge in [-0.05, 0) is 49.6 Å². The molecule has 0 saturated carbocycles. The molecule has 0 aromatic heterocycles. The van der Waals surface area contributed by atoms with E-state index in [9.17, 15) is 9.59 Å². The lowest BCUT2D eigenvalue weighted by Gasteiger charge is -2.36. The van der Waals surface area contributed by atoms with Gasteiger partial charge in [-0.2, -0.15) is 0 Å². The van der Waals surface area contributed by atoms with Crippen molar-refractivity contribution in [1.82, 2.24) is 14.7 Å². The van der Waals surface area contributed by atoms with E-state index in [0.29, 0.717) is 19.6 Å². The standard InChI is InChI=1S/C24H30N4O3/c1-18-3-5-19(6-4-18)17-27-15-16-28(24(27)30)21-11-13-26(14-12-21)23(29)25-20-7-9-22(31-2)10-8-20/h3-10,21H,11-17H2,1-2H3,(H,25,29). The minimum atomic E-state index is -0.0997. The topological polar surface area (TPSA) is 65.1 Å². The van der Waals surface area contributed by atoms with E-state index in [0.717, 1.165) is 42.9 Å². The largest absolute Gasteiger partial charge is 0.497 e. The number of urea groups is 2. The number of benzene rings is 2. The highest BCUT2D eigenvalue weighted by atomic mass is 16.5. The van der Waals surface area contributed by atoms with Crippen molar-refractivity contribution >= 4 is 17.7 Å². The van der Waals surface area contributed by atoms with Crippen molar-refractivity contribution in [3.8, 4) is 5.75 Å². The lowest BCUT2D eigenvalue weighted by atomic mass is 10.0. The van der Waals surface area contributed by atoms with E-state index in [4.69, 9.17) is 4.74 Å². The number of carbonyl (C=O) groups excluding carboxylic acids is 2. The summed E-state index contributed by atoms with van der Waals surface area (Å²) < 4.78 is 5.15. The Hall–Kier alpha value is -3.22. The number of ether oxygens (including phenoxy) is 1. The molecule has 0 atom stereocenters. The molecule has 2 aromatic rings. The van der Waals surface area contributed by atoms with Crippen LogP contribution in [0.5, 0.6) is 5.75 Å². The summed E-state index contributed by atoms with van der Waals surface area (Å²) in [6.07, 6.45) is 1.61. The van der Waals surface area contributed by atoms with Crippen LogP contribution in [-0.2, 0) is 6.54 Å². The molecule has 7 heteroatoms. The van der Waals surface area contributed by atoms with Gasteiger partial charge < -0.3 is 24.8 Å². The van der Waals surface area contributed by atoms with Gasteiger partial charge in [-0.25, -0.2) is 9.59 Å². The summed E-state index contributed by atoms with van der Waals surface area (Å²) in [7, 11) is 1.62. The van der Waals surface area contributed by atoms with Crippen LogP contribution in [0.15, 0.2) is 48.5 Å². The van der Waals surface area contributed by atoms with Crippen LogP contribution in [0.2, 0.25) is 0 Å². The first-order valence-electron chi connectivity index (χ1n) is 10.8. The number of carbonyl (C=O) groups is 2. The number of methoxy groups -OCH3 is 1. The lowest BCUT2D eigenvalue weighted by molar-refractivity contribution is 0.139. The SMILES string of the molecule is COc1ccc(NC(=O)N2CCC(N3CCN(Cc4ccc(C)cc4)C3=O)CC2)cc1. The van der Waals surface area contributed by atoms with Crippen molar-refractivity contribution in [3.05, 3.63) is 59.7 Å². The lowest BCUT2D eigenvalue weighted by Crippen LogP contribution is -2.49. The Morgan fingerprint density at radius 2 is 1.68 bits per heavy atom. The summed E-state index contributed by atoms with van der Waals surface area (Å²) in [5.74, 6) is 0.755. The summed E-state index contributed by atoms with van der Waals surface area (Å²) in [6, 6.07) is 15.9. The van der Waals surface area contributed by atoms with Gasteiger partial charge in [0.15, 0.2) is 0 Å². The third-order valence-electron chi connectivity index (χ3n) is 6.15. The van der Waals surface area contributed by atoms with Crippen molar-refractivity contribution in [2.75, 3.05) is 38.6 Å². The van der Waals surface area contributed by atoms with Gasteiger partial charge >= 0.3 is 12.1 Å². The Morgan fingerprint density at radius 3 is 2.32 bits per heavy atom. The molecule has 31 heavy (non-hydrogen) atoms. The molecule has 2 heterocycles. The number of nitrogens with zero attached hydrogens (tertiary/aromatic N) is 3. The van der Waals surface area contributed by atoms with Crippen LogP contribution in [0.3, 0.4) is 0 Å². The molecule has 0 aliphatic carbocycles. The van der Waals surface area contributed by atoms with E-state index in [-0.39, 0.29) is 18.1 Å². The molecule has 2 aliphatic rings. The molecule has 1 N–H and O–H groups in total. The first kappa shape index (κ1) is 21.0. The highest BCUT2D eigenvalue weighted by molar-refractivity contribution is 5.89. The number of amides is 4. The van der Waals surface area contributed by atoms with Crippen molar-refractivity contribution < 1.29 is 14.3 Å². The summed E-state index contributed by atoms with van der Waals surface area (Å²) >= 11 is 0. The van der Waals surface area contributed by atoms with Gasteiger partial charge in [-0.3, -0.25) is 0 Å². The van der Waals surface area contributed by atoms with Crippen molar-refractivity contribution in [2.24, 2.45) is 0 Å². The van der Waals surface area contributed by atoms with Crippen LogP contribution in [0.1, 0.15) is 24.0 Å². The average molecular weight is 423 g/mol. The van der Waals surface area contributed by atoms with E-state index in [2.05, 4.69) is 36.5 Å². The zero-order chi connectivity index (χ0) is 21.8. The Bertz CT molecular complexity index is 905. The summed E-state index contributed by atoms with van der Waals surface area (Å²) in [4.78, 5) is 31.3. The molecule has 2 aromatic carbocycles. The molecular weight excluding hydrogens is 392 g/mol. The second-order valence-corrected chi connectivity index (χ2v) is 8.26. The van der Waals surface area contributed by atoms with Crippen LogP contribution >= 0.6 is 0 Å². The molecule has 0 unspecified atom stereocenters. The number of anilines is 1. The number of nitrogens with one attached hydrogen (secondary N) is 1. The van der Waals surface area contributed by atoms with Crippen molar-refractivity contribution in [3.63, 3.8) is 0 Å². The smallest absolute Gasteiger partial charge is 0.321 e. The maximum absolute atomic E-state index is 12.9. The molecule has 4 amide bonds. The predicted molar refractivity (Wildman–Crippen MR) is 120 cm³/mol. The number of rotatable bonds is 5. The van der Waals surface area contributed by atoms with Crippen LogP contribution in [-0.4, -0.2) is 66.1 Å². The molecule has 2 fully saturated rings. The number of aryl methyl sites for hydroxylation is 1. The third-order valence-corrected chi connectivity index (χ3v) is 6.15. The van der Waals surface area contributed by atoms with Gasteiger partial charge in [0, 0.05) is 44.5 Å². The first-order valence-corrected chi connectivity index (χ1v) is 10.8. The fraction of sp³-hybridized carbons (Fsp3) is 0.417. The first-order chi connectivity index (χ1) is 15.0.